The summed E-state index contributed by atoms with van der Waals surface area (Å²) in [6.07, 6.45) is 0.511. The molecule has 2 aromatic rings. The lowest BCUT2D eigenvalue weighted by Gasteiger charge is -2.15. The summed E-state index contributed by atoms with van der Waals surface area (Å²) in [5.41, 5.74) is 0.738. The van der Waals surface area contributed by atoms with Crippen LogP contribution in [0.25, 0.3) is 0 Å². The highest BCUT2D eigenvalue weighted by Gasteiger charge is 2.11. The van der Waals surface area contributed by atoms with Crippen LogP contribution in [0.4, 0.5) is 0 Å². The molecule has 1 atom stereocenters. The van der Waals surface area contributed by atoms with E-state index in [-0.39, 0.29) is 18.6 Å². The van der Waals surface area contributed by atoms with Crippen molar-refractivity contribution in [2.24, 2.45) is 0 Å². The van der Waals surface area contributed by atoms with Gasteiger partial charge >= 0.3 is 0 Å². The minimum atomic E-state index is -0.739. The van der Waals surface area contributed by atoms with Crippen molar-refractivity contribution < 1.29 is 14.6 Å². The Morgan fingerprint density at radius 3 is 2.83 bits per heavy atom. The van der Waals surface area contributed by atoms with Gasteiger partial charge in [0.2, 0.25) is 5.91 Å². The summed E-state index contributed by atoms with van der Waals surface area (Å²) in [6, 6.07) is 11.3. The average molecular weight is 333 g/mol. The second-order valence-corrected chi connectivity index (χ2v) is 6.67. The van der Waals surface area contributed by atoms with Gasteiger partial charge in [0.15, 0.2) is 0 Å². The SMILES string of the molecule is CC(C)Oc1cccc(C(O)CNC(=O)CCc2cccs2)c1. The number of ether oxygens (including phenoxy) is 1. The van der Waals surface area contributed by atoms with Crippen molar-refractivity contribution in [3.8, 4) is 5.75 Å². The lowest BCUT2D eigenvalue weighted by molar-refractivity contribution is -0.121. The fraction of sp³-hybridized carbons (Fsp3) is 0.389. The van der Waals surface area contributed by atoms with Crippen LogP contribution in [-0.4, -0.2) is 23.7 Å². The molecule has 4 nitrogen and oxygen atoms in total. The topological polar surface area (TPSA) is 58.6 Å². The predicted molar refractivity (Wildman–Crippen MR) is 92.8 cm³/mol. The molecule has 0 aliphatic rings. The average Bonchev–Trinajstić information content (AvgIpc) is 3.03. The van der Waals surface area contributed by atoms with E-state index >= 15 is 0 Å². The first-order valence-electron chi connectivity index (χ1n) is 7.78. The van der Waals surface area contributed by atoms with Crippen LogP contribution in [0, 0.1) is 0 Å². The van der Waals surface area contributed by atoms with Crippen molar-refractivity contribution in [2.75, 3.05) is 6.54 Å². The molecule has 1 heterocycles. The molecular weight excluding hydrogens is 310 g/mol. The fourth-order valence-electron chi connectivity index (χ4n) is 2.18. The molecule has 5 heteroatoms. The molecule has 124 valence electrons. The third kappa shape index (κ3) is 6.04. The summed E-state index contributed by atoms with van der Waals surface area (Å²) in [6.45, 7) is 4.11. The first-order chi connectivity index (χ1) is 11.0. The Balaban J connectivity index is 1.79. The minimum Gasteiger partial charge on any atom is -0.491 e. The van der Waals surface area contributed by atoms with Crippen molar-refractivity contribution in [3.05, 3.63) is 52.2 Å². The Bertz CT molecular complexity index is 610. The highest BCUT2D eigenvalue weighted by molar-refractivity contribution is 7.09. The molecule has 0 radical (unpaired) electrons. The molecular formula is C18H23NO3S. The number of hydrogen-bond acceptors (Lipinski definition) is 4. The van der Waals surface area contributed by atoms with Crippen LogP contribution < -0.4 is 10.1 Å². The summed E-state index contributed by atoms with van der Waals surface area (Å²) in [7, 11) is 0. The van der Waals surface area contributed by atoms with Crippen LogP contribution in [0.5, 0.6) is 5.75 Å². The maximum Gasteiger partial charge on any atom is 0.220 e. The van der Waals surface area contributed by atoms with Crippen LogP contribution in [0.2, 0.25) is 0 Å². The van der Waals surface area contributed by atoms with Gasteiger partial charge in [-0.25, -0.2) is 0 Å². The maximum absolute atomic E-state index is 11.8. The zero-order chi connectivity index (χ0) is 16.7. The van der Waals surface area contributed by atoms with Gasteiger partial charge in [-0.1, -0.05) is 18.2 Å². The number of thiophene rings is 1. The number of benzene rings is 1. The van der Waals surface area contributed by atoms with Gasteiger partial charge in [0, 0.05) is 17.8 Å². The number of rotatable bonds is 8. The summed E-state index contributed by atoms with van der Waals surface area (Å²) in [4.78, 5) is 13.0. The lowest BCUT2D eigenvalue weighted by atomic mass is 10.1. The second-order valence-electron chi connectivity index (χ2n) is 5.64. The summed E-state index contributed by atoms with van der Waals surface area (Å²) in [5, 5.41) is 15.0. The minimum absolute atomic E-state index is 0.0490. The van der Waals surface area contributed by atoms with E-state index < -0.39 is 6.10 Å². The van der Waals surface area contributed by atoms with E-state index in [2.05, 4.69) is 5.32 Å². The Morgan fingerprint density at radius 2 is 2.13 bits per heavy atom. The smallest absolute Gasteiger partial charge is 0.220 e. The van der Waals surface area contributed by atoms with Gasteiger partial charge in [0.05, 0.1) is 12.2 Å². The van der Waals surface area contributed by atoms with Gasteiger partial charge in [-0.05, 0) is 49.4 Å². The van der Waals surface area contributed by atoms with E-state index in [4.69, 9.17) is 4.74 Å². The lowest BCUT2D eigenvalue weighted by Crippen LogP contribution is -2.28. The molecule has 1 aromatic carbocycles. The number of hydrogen-bond donors (Lipinski definition) is 2. The van der Waals surface area contributed by atoms with Gasteiger partial charge in [-0.2, -0.15) is 0 Å². The summed E-state index contributed by atoms with van der Waals surface area (Å²) in [5.74, 6) is 0.674. The predicted octanol–water partition coefficient (Wildman–Crippen LogP) is 3.32. The normalized spacial score (nSPS) is 12.2. The van der Waals surface area contributed by atoms with Crippen molar-refractivity contribution in [2.45, 2.75) is 38.9 Å². The third-order valence-corrected chi connectivity index (χ3v) is 4.22. The van der Waals surface area contributed by atoms with E-state index in [0.717, 1.165) is 17.7 Å². The first kappa shape index (κ1) is 17.5. The van der Waals surface area contributed by atoms with E-state index in [9.17, 15) is 9.90 Å². The molecule has 23 heavy (non-hydrogen) atoms. The Kier molecular flexibility index (Phi) is 6.62. The summed E-state index contributed by atoms with van der Waals surface area (Å²) < 4.78 is 5.61. The van der Waals surface area contributed by atoms with Gasteiger partial charge in [0.1, 0.15) is 5.75 Å². The molecule has 2 N–H and O–H groups in total. The Hall–Kier alpha value is -1.85. The van der Waals surface area contributed by atoms with Crippen molar-refractivity contribution >= 4 is 17.2 Å². The van der Waals surface area contributed by atoms with Crippen LogP contribution in [-0.2, 0) is 11.2 Å². The number of aliphatic hydroxyl groups excluding tert-OH is 1. The fourth-order valence-corrected chi connectivity index (χ4v) is 2.88. The van der Waals surface area contributed by atoms with Gasteiger partial charge in [-0.3, -0.25) is 4.79 Å². The highest BCUT2D eigenvalue weighted by atomic mass is 32.1. The van der Waals surface area contributed by atoms with Crippen molar-refractivity contribution in [1.82, 2.24) is 5.32 Å². The van der Waals surface area contributed by atoms with Gasteiger partial charge in [0.25, 0.3) is 0 Å². The molecule has 0 bridgehead atoms. The zero-order valence-electron chi connectivity index (χ0n) is 13.5. The molecule has 0 spiro atoms. The van der Waals surface area contributed by atoms with Crippen LogP contribution in [0.1, 0.15) is 36.8 Å². The quantitative estimate of drug-likeness (QED) is 0.779. The van der Waals surface area contributed by atoms with E-state index in [1.807, 2.05) is 55.6 Å². The molecule has 2 rings (SSSR count). The van der Waals surface area contributed by atoms with E-state index in [1.165, 1.54) is 4.88 Å². The third-order valence-electron chi connectivity index (χ3n) is 3.29. The molecule has 1 unspecified atom stereocenters. The number of amides is 1. The largest absolute Gasteiger partial charge is 0.491 e. The van der Waals surface area contributed by atoms with Crippen molar-refractivity contribution in [3.63, 3.8) is 0 Å². The van der Waals surface area contributed by atoms with E-state index in [1.54, 1.807) is 11.3 Å². The highest BCUT2D eigenvalue weighted by Crippen LogP contribution is 2.20. The summed E-state index contributed by atoms with van der Waals surface area (Å²) >= 11 is 1.65. The number of aliphatic hydroxyl groups is 1. The molecule has 0 aliphatic heterocycles. The number of carbonyl (C=O) groups excluding carboxylic acids is 1. The number of carbonyl (C=O) groups is 1. The zero-order valence-corrected chi connectivity index (χ0v) is 14.3. The first-order valence-corrected chi connectivity index (χ1v) is 8.66. The van der Waals surface area contributed by atoms with Crippen molar-refractivity contribution in [1.29, 1.82) is 0 Å². The molecule has 1 amide bonds. The van der Waals surface area contributed by atoms with E-state index in [0.29, 0.717) is 6.42 Å². The van der Waals surface area contributed by atoms with Crippen LogP contribution >= 0.6 is 11.3 Å². The molecule has 0 aliphatic carbocycles. The molecule has 0 saturated carbocycles. The van der Waals surface area contributed by atoms with Gasteiger partial charge < -0.3 is 15.2 Å². The Labute approximate surface area is 141 Å². The monoisotopic (exact) mass is 333 g/mol. The van der Waals surface area contributed by atoms with Gasteiger partial charge in [-0.15, -0.1) is 11.3 Å². The molecule has 1 aromatic heterocycles. The maximum atomic E-state index is 11.8. The van der Waals surface area contributed by atoms with Crippen LogP contribution in [0.15, 0.2) is 41.8 Å². The standard InChI is InChI=1S/C18H23NO3S/c1-13(2)22-15-6-3-5-14(11-15)17(20)12-19-18(21)9-8-16-7-4-10-23-16/h3-7,10-11,13,17,20H,8-9,12H2,1-2H3,(H,19,21). The second kappa shape index (κ2) is 8.70. The Morgan fingerprint density at radius 1 is 1.30 bits per heavy atom. The molecule has 0 saturated heterocycles. The van der Waals surface area contributed by atoms with Crippen LogP contribution in [0.3, 0.4) is 0 Å². The number of aryl methyl sites for hydroxylation is 1. The molecule has 0 fully saturated rings. The number of nitrogens with one attached hydrogen (secondary N) is 1.